The van der Waals surface area contributed by atoms with E-state index in [1.54, 1.807) is 49.4 Å². The molecule has 12 nitrogen and oxygen atoms in total. The highest BCUT2D eigenvalue weighted by Crippen LogP contribution is 2.29. The zero-order valence-electron chi connectivity index (χ0n) is 34.3. The maximum Gasteiger partial charge on any atom is 0.257 e. The van der Waals surface area contributed by atoms with E-state index in [1.807, 2.05) is 13.0 Å². The van der Waals surface area contributed by atoms with Gasteiger partial charge in [0.2, 0.25) is 0 Å². The number of piperazine rings is 1. The SMILES string of the molecule is Cc1nc(Cl)ccc1C(=O)Nc1ccc(Cl)c(NC(=O)c2ccc(F)cc2)c1.Cc1nc(N2CC(C)NC(C)C2)ccc1C(=O)Nc1ccc(Cl)c(NC(=O)c2ccc(F)cc2)c1. The van der Waals surface area contributed by atoms with Gasteiger partial charge in [0, 0.05) is 47.7 Å². The van der Waals surface area contributed by atoms with E-state index < -0.39 is 23.4 Å². The van der Waals surface area contributed by atoms with E-state index in [1.165, 1.54) is 60.7 Å². The molecule has 2 aromatic heterocycles. The Hall–Kier alpha value is -6.45. The lowest BCUT2D eigenvalue weighted by molar-refractivity contribution is 0.101. The van der Waals surface area contributed by atoms with Crippen molar-refractivity contribution in [3.8, 4) is 0 Å². The van der Waals surface area contributed by atoms with Crippen molar-refractivity contribution in [3.05, 3.63) is 170 Å². The Kier molecular flexibility index (Phi) is 15.1. The van der Waals surface area contributed by atoms with Crippen LogP contribution >= 0.6 is 34.8 Å². The highest BCUT2D eigenvalue weighted by Gasteiger charge is 2.23. The van der Waals surface area contributed by atoms with E-state index in [2.05, 4.69) is 55.3 Å². The smallest absolute Gasteiger partial charge is 0.257 e. The number of rotatable bonds is 9. The first-order valence-electron chi connectivity index (χ1n) is 19.5. The molecule has 6 aromatic rings. The molecule has 2 atom stereocenters. The summed E-state index contributed by atoms with van der Waals surface area (Å²) < 4.78 is 26.1. The molecule has 0 bridgehead atoms. The van der Waals surface area contributed by atoms with Gasteiger partial charge in [0.25, 0.3) is 23.6 Å². The molecule has 1 aliphatic heterocycles. The molecule has 3 heterocycles. The van der Waals surface area contributed by atoms with Crippen LogP contribution in [0.4, 0.5) is 37.3 Å². The lowest BCUT2D eigenvalue weighted by atomic mass is 10.1. The van der Waals surface area contributed by atoms with E-state index in [4.69, 9.17) is 34.8 Å². The highest BCUT2D eigenvalue weighted by atomic mass is 35.5. The van der Waals surface area contributed by atoms with Crippen molar-refractivity contribution in [1.29, 1.82) is 0 Å². The lowest BCUT2D eigenvalue weighted by Crippen LogP contribution is -2.54. The van der Waals surface area contributed by atoms with Gasteiger partial charge in [0.15, 0.2) is 0 Å². The third kappa shape index (κ3) is 12.4. The van der Waals surface area contributed by atoms with Gasteiger partial charge >= 0.3 is 0 Å². The zero-order chi connectivity index (χ0) is 45.4. The van der Waals surface area contributed by atoms with Crippen LogP contribution in [-0.2, 0) is 0 Å². The Morgan fingerprint density at radius 2 is 1.00 bits per heavy atom. The first-order chi connectivity index (χ1) is 30.0. The van der Waals surface area contributed by atoms with Crippen LogP contribution in [-0.4, -0.2) is 58.8 Å². The van der Waals surface area contributed by atoms with Gasteiger partial charge in [0.05, 0.1) is 43.9 Å². The van der Waals surface area contributed by atoms with Gasteiger partial charge in [-0.2, -0.15) is 0 Å². The van der Waals surface area contributed by atoms with Crippen molar-refractivity contribution in [2.75, 3.05) is 39.3 Å². The van der Waals surface area contributed by atoms with Crippen LogP contribution in [0.1, 0.15) is 66.7 Å². The first-order valence-corrected chi connectivity index (χ1v) is 20.6. The molecule has 63 heavy (non-hydrogen) atoms. The largest absolute Gasteiger partial charge is 0.354 e. The third-order valence-electron chi connectivity index (χ3n) is 9.65. The molecule has 17 heteroatoms. The van der Waals surface area contributed by atoms with Crippen molar-refractivity contribution >= 4 is 87.0 Å². The fourth-order valence-electron chi connectivity index (χ4n) is 6.63. The van der Waals surface area contributed by atoms with Gasteiger partial charge in [-0.25, -0.2) is 18.7 Å². The summed E-state index contributed by atoms with van der Waals surface area (Å²) in [5.74, 6) is -1.62. The fraction of sp³-hybridized carbons (Fsp3) is 0.174. The molecule has 0 spiro atoms. The lowest BCUT2D eigenvalue weighted by Gasteiger charge is -2.37. The number of hydrogen-bond donors (Lipinski definition) is 5. The van der Waals surface area contributed by atoms with Crippen molar-refractivity contribution in [3.63, 3.8) is 0 Å². The molecule has 0 aliphatic carbocycles. The van der Waals surface area contributed by atoms with Gasteiger partial charge in [0.1, 0.15) is 22.6 Å². The van der Waals surface area contributed by atoms with Crippen molar-refractivity contribution in [1.82, 2.24) is 15.3 Å². The second-order valence-electron chi connectivity index (χ2n) is 14.7. The molecule has 1 fully saturated rings. The Balaban J connectivity index is 0.000000215. The van der Waals surface area contributed by atoms with E-state index in [9.17, 15) is 28.0 Å². The van der Waals surface area contributed by atoms with Crippen LogP contribution in [0.3, 0.4) is 0 Å². The highest BCUT2D eigenvalue weighted by molar-refractivity contribution is 6.34. The number of amides is 4. The minimum Gasteiger partial charge on any atom is -0.354 e. The molecule has 7 rings (SSSR count). The number of hydrogen-bond acceptors (Lipinski definition) is 8. The van der Waals surface area contributed by atoms with E-state index in [0.717, 1.165) is 18.9 Å². The third-order valence-corrected chi connectivity index (χ3v) is 10.5. The first kappa shape index (κ1) is 46.1. The number of nitrogens with zero attached hydrogens (tertiary/aromatic N) is 3. The quantitative estimate of drug-likeness (QED) is 0.0898. The van der Waals surface area contributed by atoms with Crippen molar-refractivity contribution in [2.45, 2.75) is 39.8 Å². The van der Waals surface area contributed by atoms with Crippen molar-refractivity contribution in [2.24, 2.45) is 0 Å². The second-order valence-corrected chi connectivity index (χ2v) is 15.9. The van der Waals surface area contributed by atoms with Gasteiger partial charge in [-0.3, -0.25) is 19.2 Å². The molecule has 0 radical (unpaired) electrons. The Morgan fingerprint density at radius 1 is 0.571 bits per heavy atom. The van der Waals surface area contributed by atoms with E-state index >= 15 is 0 Å². The molecule has 0 saturated carbocycles. The molecular weight excluding hydrogens is 873 g/mol. The van der Waals surface area contributed by atoms with Gasteiger partial charge in [-0.15, -0.1) is 0 Å². The predicted octanol–water partition coefficient (Wildman–Crippen LogP) is 10.2. The van der Waals surface area contributed by atoms with Gasteiger partial charge in [-0.05, 0) is 137 Å². The average molecular weight is 914 g/mol. The number of anilines is 5. The minimum atomic E-state index is -0.455. The number of pyridine rings is 2. The summed E-state index contributed by atoms with van der Waals surface area (Å²) in [6.45, 7) is 9.46. The summed E-state index contributed by atoms with van der Waals surface area (Å²) in [6, 6.07) is 27.2. The number of carbonyl (C=O) groups excluding carboxylic acids is 4. The van der Waals surface area contributed by atoms with Crippen LogP contribution in [0, 0.1) is 25.5 Å². The van der Waals surface area contributed by atoms with Crippen molar-refractivity contribution < 1.29 is 28.0 Å². The average Bonchev–Trinajstić information content (AvgIpc) is 3.23. The molecule has 2 unspecified atom stereocenters. The van der Waals surface area contributed by atoms with Gasteiger partial charge in [-0.1, -0.05) is 34.8 Å². The second kappa shape index (κ2) is 20.6. The number of aromatic nitrogens is 2. The maximum atomic E-state index is 13.1. The molecule has 1 saturated heterocycles. The Bertz CT molecular complexity index is 2660. The summed E-state index contributed by atoms with van der Waals surface area (Å²) in [6.07, 6.45) is 0. The topological polar surface area (TPSA) is 157 Å². The standard InChI is InChI=1S/C26H27ClFN5O2.C20H14Cl2FN3O2/c1-15-13-33(14-16(2)29-15)24-11-9-21(17(3)30-24)26(35)31-20-8-10-22(27)23(12-20)32-25(34)18-4-6-19(28)7-5-18;1-11-15(7-9-18(22)24-11)20(28)25-14-6-8-16(21)17(10-14)26-19(27)12-2-4-13(23)5-3-12/h4-12,15-16,29H,13-14H2,1-3H3,(H,31,35)(H,32,34);2-10H,1H3,(H,25,28)(H,26,27). The van der Waals surface area contributed by atoms with Crippen LogP contribution in [0.25, 0.3) is 0 Å². The van der Waals surface area contributed by atoms with E-state index in [0.29, 0.717) is 67.5 Å². The summed E-state index contributed by atoms with van der Waals surface area (Å²) >= 11 is 18.2. The Labute approximate surface area is 377 Å². The zero-order valence-corrected chi connectivity index (χ0v) is 36.6. The van der Waals surface area contributed by atoms with E-state index in [-0.39, 0.29) is 28.0 Å². The van der Waals surface area contributed by atoms with Crippen LogP contribution in [0.2, 0.25) is 15.2 Å². The van der Waals surface area contributed by atoms with Crippen LogP contribution in [0.5, 0.6) is 0 Å². The Morgan fingerprint density at radius 3 is 1.43 bits per heavy atom. The number of carbonyl (C=O) groups is 4. The summed E-state index contributed by atoms with van der Waals surface area (Å²) in [4.78, 5) is 61.2. The van der Waals surface area contributed by atoms with Crippen LogP contribution < -0.4 is 31.5 Å². The number of nitrogens with one attached hydrogen (secondary N) is 5. The minimum absolute atomic E-state index is 0.273. The summed E-state index contributed by atoms with van der Waals surface area (Å²) in [7, 11) is 0. The summed E-state index contributed by atoms with van der Waals surface area (Å²) in [5.41, 5.74) is 4.02. The number of halogens is 5. The molecule has 4 amide bonds. The number of benzene rings is 4. The maximum absolute atomic E-state index is 13.1. The molecule has 4 aromatic carbocycles. The van der Waals surface area contributed by atoms with Crippen LogP contribution in [0.15, 0.2) is 109 Å². The molecule has 1 aliphatic rings. The monoisotopic (exact) mass is 912 g/mol. The molecule has 324 valence electrons. The predicted molar refractivity (Wildman–Crippen MR) is 245 cm³/mol. The summed E-state index contributed by atoms with van der Waals surface area (Å²) in [5, 5.41) is 15.3. The normalized spacial score (nSPS) is 14.5. The molecular formula is C46H41Cl3F2N8O4. The fourth-order valence-corrected chi connectivity index (χ4v) is 7.15. The molecule has 5 N–H and O–H groups in total. The van der Waals surface area contributed by atoms with Gasteiger partial charge < -0.3 is 31.5 Å². The number of aryl methyl sites for hydroxylation is 2.